The molecule has 1 aromatic carbocycles. The van der Waals surface area contributed by atoms with Crippen molar-refractivity contribution in [1.29, 1.82) is 0 Å². The fraction of sp³-hybridized carbons (Fsp3) is 0.214. The number of aliphatic hydroxyl groups excluding tert-OH is 1. The molecular weight excluding hydrogens is 282 g/mol. The zero-order chi connectivity index (χ0) is 13.8. The molecule has 0 saturated heterocycles. The van der Waals surface area contributed by atoms with E-state index in [0.717, 1.165) is 15.5 Å². The number of aromatic nitrogens is 1. The minimum atomic E-state index is -0.606. The van der Waals surface area contributed by atoms with Crippen molar-refractivity contribution in [3.8, 4) is 5.75 Å². The van der Waals surface area contributed by atoms with Crippen LogP contribution in [0.5, 0.6) is 5.75 Å². The molecule has 0 spiro atoms. The van der Waals surface area contributed by atoms with Crippen molar-refractivity contribution in [3.63, 3.8) is 0 Å². The van der Waals surface area contributed by atoms with Gasteiger partial charge in [0.15, 0.2) is 0 Å². The highest BCUT2D eigenvalue weighted by Crippen LogP contribution is 2.37. The van der Waals surface area contributed by atoms with Crippen LogP contribution in [0.15, 0.2) is 46.5 Å². The van der Waals surface area contributed by atoms with Gasteiger partial charge in [-0.25, -0.2) is 4.98 Å². The maximum atomic E-state index is 9.90. The zero-order valence-electron chi connectivity index (χ0n) is 10.6. The predicted octanol–water partition coefficient (Wildman–Crippen LogP) is 3.95. The number of halogens is 1. The number of aliphatic hydroxyl groups is 1. The minimum absolute atomic E-state index is 0.603. The van der Waals surface area contributed by atoms with E-state index < -0.39 is 6.10 Å². The SMILES string of the molecule is COc1cccc(Sc2ccc(Cl)cn2)c1[C@@H](C)O. The van der Waals surface area contributed by atoms with E-state index in [2.05, 4.69) is 4.98 Å². The normalized spacial score (nSPS) is 12.2. The number of ether oxygens (including phenoxy) is 1. The van der Waals surface area contributed by atoms with Crippen LogP contribution in [0.4, 0.5) is 0 Å². The van der Waals surface area contributed by atoms with Gasteiger partial charge in [-0.1, -0.05) is 29.4 Å². The highest BCUT2D eigenvalue weighted by atomic mass is 35.5. The van der Waals surface area contributed by atoms with Gasteiger partial charge in [-0.15, -0.1) is 0 Å². The molecule has 100 valence electrons. The Morgan fingerprint density at radius 2 is 2.11 bits per heavy atom. The molecule has 1 N–H and O–H groups in total. The van der Waals surface area contributed by atoms with E-state index >= 15 is 0 Å². The fourth-order valence-corrected chi connectivity index (χ4v) is 2.84. The summed E-state index contributed by atoms with van der Waals surface area (Å²) in [6.45, 7) is 1.72. The lowest BCUT2D eigenvalue weighted by Crippen LogP contribution is -1.99. The summed E-state index contributed by atoms with van der Waals surface area (Å²) in [4.78, 5) is 5.16. The third-order valence-electron chi connectivity index (χ3n) is 2.58. The van der Waals surface area contributed by atoms with Gasteiger partial charge in [0.1, 0.15) is 10.8 Å². The largest absolute Gasteiger partial charge is 0.496 e. The Bertz CT molecular complexity index is 558. The van der Waals surface area contributed by atoms with E-state index in [-0.39, 0.29) is 0 Å². The molecule has 2 rings (SSSR count). The molecule has 0 aliphatic carbocycles. The maximum absolute atomic E-state index is 9.90. The lowest BCUT2D eigenvalue weighted by atomic mass is 10.1. The van der Waals surface area contributed by atoms with Crippen LogP contribution < -0.4 is 4.74 Å². The van der Waals surface area contributed by atoms with Crippen molar-refractivity contribution < 1.29 is 9.84 Å². The van der Waals surface area contributed by atoms with Gasteiger partial charge in [0, 0.05) is 16.7 Å². The van der Waals surface area contributed by atoms with Crippen LogP contribution in [0.1, 0.15) is 18.6 Å². The summed E-state index contributed by atoms with van der Waals surface area (Å²) in [5.74, 6) is 0.675. The summed E-state index contributed by atoms with van der Waals surface area (Å²) in [6.07, 6.45) is 0.998. The Kier molecular flexibility index (Phi) is 4.69. The standard InChI is InChI=1S/C14H14ClNO2S/c1-9(17)14-11(18-2)4-3-5-12(14)19-13-7-6-10(15)8-16-13/h3-9,17H,1-2H3/t9-/m1/s1. The molecule has 0 fully saturated rings. The Morgan fingerprint density at radius 3 is 2.68 bits per heavy atom. The average Bonchev–Trinajstić information content (AvgIpc) is 2.40. The highest BCUT2D eigenvalue weighted by Gasteiger charge is 2.15. The maximum Gasteiger partial charge on any atom is 0.125 e. The van der Waals surface area contributed by atoms with Crippen LogP contribution in [-0.2, 0) is 0 Å². The van der Waals surface area contributed by atoms with Gasteiger partial charge in [0.05, 0.1) is 18.2 Å². The second kappa shape index (κ2) is 6.28. The summed E-state index contributed by atoms with van der Waals surface area (Å²) in [6, 6.07) is 9.30. The lowest BCUT2D eigenvalue weighted by Gasteiger charge is -2.15. The van der Waals surface area contributed by atoms with Gasteiger partial charge in [0.25, 0.3) is 0 Å². The van der Waals surface area contributed by atoms with Crippen molar-refractivity contribution in [2.75, 3.05) is 7.11 Å². The monoisotopic (exact) mass is 295 g/mol. The molecule has 0 bridgehead atoms. The Balaban J connectivity index is 2.36. The first-order valence-corrected chi connectivity index (χ1v) is 6.95. The molecule has 0 aliphatic rings. The van der Waals surface area contributed by atoms with Crippen LogP contribution in [0.2, 0.25) is 5.02 Å². The van der Waals surface area contributed by atoms with Crippen molar-refractivity contribution in [2.45, 2.75) is 22.9 Å². The third kappa shape index (κ3) is 3.41. The first-order valence-electron chi connectivity index (χ1n) is 5.76. The van der Waals surface area contributed by atoms with Crippen molar-refractivity contribution in [3.05, 3.63) is 47.1 Å². The number of hydrogen-bond donors (Lipinski definition) is 1. The molecule has 1 atom stereocenters. The van der Waals surface area contributed by atoms with Gasteiger partial charge < -0.3 is 9.84 Å². The van der Waals surface area contributed by atoms with Crippen LogP contribution in [0.25, 0.3) is 0 Å². The second-order valence-electron chi connectivity index (χ2n) is 3.96. The first-order chi connectivity index (χ1) is 9.11. The zero-order valence-corrected chi connectivity index (χ0v) is 12.2. The summed E-state index contributed by atoms with van der Waals surface area (Å²) in [7, 11) is 1.59. The predicted molar refractivity (Wildman–Crippen MR) is 77.0 cm³/mol. The molecule has 0 unspecified atom stereocenters. The Labute approximate surface area is 121 Å². The molecule has 1 heterocycles. The molecule has 0 saturated carbocycles. The molecule has 0 amide bonds. The summed E-state index contributed by atoms with van der Waals surface area (Å²) in [5, 5.41) is 11.3. The van der Waals surface area contributed by atoms with Crippen LogP contribution in [-0.4, -0.2) is 17.2 Å². The van der Waals surface area contributed by atoms with E-state index in [4.69, 9.17) is 16.3 Å². The Hall–Kier alpha value is -1.23. The van der Waals surface area contributed by atoms with Gasteiger partial charge in [-0.3, -0.25) is 0 Å². The van der Waals surface area contributed by atoms with E-state index in [9.17, 15) is 5.11 Å². The van der Waals surface area contributed by atoms with Crippen LogP contribution in [0.3, 0.4) is 0 Å². The van der Waals surface area contributed by atoms with E-state index in [1.165, 1.54) is 11.8 Å². The molecule has 2 aromatic rings. The molecule has 0 aliphatic heterocycles. The molecule has 19 heavy (non-hydrogen) atoms. The van der Waals surface area contributed by atoms with Crippen molar-refractivity contribution in [2.24, 2.45) is 0 Å². The van der Waals surface area contributed by atoms with Gasteiger partial charge in [0.2, 0.25) is 0 Å². The highest BCUT2D eigenvalue weighted by molar-refractivity contribution is 7.99. The topological polar surface area (TPSA) is 42.4 Å². The smallest absolute Gasteiger partial charge is 0.125 e. The van der Waals surface area contributed by atoms with Gasteiger partial charge >= 0.3 is 0 Å². The number of rotatable bonds is 4. The lowest BCUT2D eigenvalue weighted by molar-refractivity contribution is 0.191. The molecule has 0 radical (unpaired) electrons. The average molecular weight is 296 g/mol. The van der Waals surface area contributed by atoms with Gasteiger partial charge in [-0.2, -0.15) is 0 Å². The molecule has 1 aromatic heterocycles. The van der Waals surface area contributed by atoms with E-state index in [1.807, 2.05) is 24.3 Å². The number of benzene rings is 1. The van der Waals surface area contributed by atoms with Crippen LogP contribution >= 0.6 is 23.4 Å². The number of methoxy groups -OCH3 is 1. The van der Waals surface area contributed by atoms with E-state index in [1.54, 1.807) is 26.3 Å². The summed E-state index contributed by atoms with van der Waals surface area (Å²) >= 11 is 7.28. The quantitative estimate of drug-likeness (QED) is 0.927. The third-order valence-corrected chi connectivity index (χ3v) is 3.83. The van der Waals surface area contributed by atoms with Crippen molar-refractivity contribution >= 4 is 23.4 Å². The number of nitrogens with zero attached hydrogens (tertiary/aromatic N) is 1. The molecular formula is C14H14ClNO2S. The summed E-state index contributed by atoms with van der Waals surface area (Å²) < 4.78 is 5.29. The van der Waals surface area contributed by atoms with E-state index in [0.29, 0.717) is 10.8 Å². The molecule has 5 heteroatoms. The minimum Gasteiger partial charge on any atom is -0.496 e. The number of hydrogen-bond acceptors (Lipinski definition) is 4. The first kappa shape index (κ1) is 14.2. The number of pyridine rings is 1. The molecule has 3 nitrogen and oxygen atoms in total. The van der Waals surface area contributed by atoms with Gasteiger partial charge in [-0.05, 0) is 31.2 Å². The fourth-order valence-electron chi connectivity index (χ4n) is 1.74. The van der Waals surface area contributed by atoms with Crippen molar-refractivity contribution in [1.82, 2.24) is 4.98 Å². The van der Waals surface area contributed by atoms with Crippen LogP contribution in [0, 0.1) is 0 Å². The Morgan fingerprint density at radius 1 is 1.32 bits per heavy atom. The summed E-state index contributed by atoms with van der Waals surface area (Å²) in [5.41, 5.74) is 0.770. The second-order valence-corrected chi connectivity index (χ2v) is 5.46.